The fraction of sp³-hybridized carbons (Fsp3) is 0.391. The van der Waals surface area contributed by atoms with E-state index in [1.807, 2.05) is 42.5 Å². The van der Waals surface area contributed by atoms with Crippen LogP contribution in [0.2, 0.25) is 0 Å². The summed E-state index contributed by atoms with van der Waals surface area (Å²) in [7, 11) is 3.37. The number of nitrogens with two attached hydrogens (primary N) is 1. The van der Waals surface area contributed by atoms with Crippen LogP contribution < -0.4 is 20.7 Å². The summed E-state index contributed by atoms with van der Waals surface area (Å²) < 4.78 is 5.16. The molecule has 1 fully saturated rings. The number of rotatable bonds is 7. The molecule has 3 rings (SSSR count). The number of methoxy groups -OCH3 is 1. The molecular weight excluding hydrogens is 402 g/mol. The molecule has 0 aromatic heterocycles. The van der Waals surface area contributed by atoms with E-state index in [0.29, 0.717) is 30.6 Å². The summed E-state index contributed by atoms with van der Waals surface area (Å²) in [6.07, 6.45) is 3.10. The van der Waals surface area contributed by atoms with Gasteiger partial charge in [-0.3, -0.25) is 9.59 Å². The number of para-hydroxylation sites is 1. The maximum Gasteiger partial charge on any atom is 0.253 e. The van der Waals surface area contributed by atoms with Crippen molar-refractivity contribution in [1.29, 1.82) is 0 Å². The number of hydrogen-bond donors (Lipinski definition) is 2. The molecule has 1 saturated carbocycles. The third-order valence-corrected chi connectivity index (χ3v) is 5.52. The van der Waals surface area contributed by atoms with Crippen molar-refractivity contribution in [2.75, 3.05) is 25.6 Å². The fourth-order valence-corrected chi connectivity index (χ4v) is 3.80. The highest BCUT2D eigenvalue weighted by Gasteiger charge is 2.31. The molecule has 0 bridgehead atoms. The molecule has 0 saturated heterocycles. The smallest absolute Gasteiger partial charge is 0.253 e. The molecule has 2 atom stereocenters. The number of nitrogens with zero attached hydrogens (tertiary/aromatic N) is 1. The molecule has 1 aliphatic rings. The third-order valence-electron chi connectivity index (χ3n) is 5.52. The predicted octanol–water partition coefficient (Wildman–Crippen LogP) is 3.18. The maximum absolute atomic E-state index is 12.8. The molecule has 2 unspecified atom stereocenters. The second kappa shape index (κ2) is 11.0. The molecule has 2 aromatic carbocycles. The Hall–Kier alpha value is -2.57. The molecule has 0 spiro atoms. The van der Waals surface area contributed by atoms with Gasteiger partial charge in [0, 0.05) is 25.6 Å². The molecule has 0 aliphatic heterocycles. The summed E-state index contributed by atoms with van der Waals surface area (Å²) in [5.41, 5.74) is 8.20. The predicted molar refractivity (Wildman–Crippen MR) is 121 cm³/mol. The van der Waals surface area contributed by atoms with Crippen molar-refractivity contribution in [3.8, 4) is 5.75 Å². The second-order valence-corrected chi connectivity index (χ2v) is 7.54. The summed E-state index contributed by atoms with van der Waals surface area (Å²) in [5, 5.41) is 2.96. The quantitative estimate of drug-likeness (QED) is 0.705. The summed E-state index contributed by atoms with van der Waals surface area (Å²) in [6.45, 7) is 0.509. The van der Waals surface area contributed by atoms with Gasteiger partial charge in [-0.05, 0) is 55.5 Å². The molecule has 0 radical (unpaired) electrons. The average Bonchev–Trinajstić information content (AvgIpc) is 3.19. The first-order valence-electron chi connectivity index (χ1n) is 10.0. The van der Waals surface area contributed by atoms with Crippen LogP contribution in [0.25, 0.3) is 0 Å². The minimum absolute atomic E-state index is 0. The summed E-state index contributed by atoms with van der Waals surface area (Å²) in [6, 6.07) is 15.1. The summed E-state index contributed by atoms with van der Waals surface area (Å²) >= 11 is 0. The van der Waals surface area contributed by atoms with Crippen molar-refractivity contribution in [2.24, 2.45) is 11.7 Å². The van der Waals surface area contributed by atoms with E-state index in [-0.39, 0.29) is 36.2 Å². The minimum Gasteiger partial charge on any atom is -0.497 e. The van der Waals surface area contributed by atoms with Crippen molar-refractivity contribution in [2.45, 2.75) is 31.7 Å². The van der Waals surface area contributed by atoms with Gasteiger partial charge in [-0.25, -0.2) is 0 Å². The van der Waals surface area contributed by atoms with E-state index in [1.54, 1.807) is 25.1 Å². The van der Waals surface area contributed by atoms with Gasteiger partial charge in [-0.2, -0.15) is 0 Å². The number of hydrogen-bond acceptors (Lipinski definition) is 4. The van der Waals surface area contributed by atoms with Gasteiger partial charge in [-0.15, -0.1) is 12.4 Å². The van der Waals surface area contributed by atoms with Crippen molar-refractivity contribution in [3.63, 3.8) is 0 Å². The molecule has 30 heavy (non-hydrogen) atoms. The Balaban J connectivity index is 0.00000320. The van der Waals surface area contributed by atoms with Crippen molar-refractivity contribution in [3.05, 3.63) is 59.7 Å². The zero-order valence-corrected chi connectivity index (χ0v) is 18.3. The Bertz CT molecular complexity index is 857. The standard InChI is InChI=1S/C23H29N3O3.ClH/c1-26(23(28)17-9-10-18(24)15-17)21-6-4-3-5-20(21)22(27)25-14-13-16-7-11-19(29-2)12-8-16;/h3-8,11-12,17-18H,9-10,13-15,24H2,1-2H3,(H,25,27);1H. The van der Waals surface area contributed by atoms with Gasteiger partial charge in [0.2, 0.25) is 5.91 Å². The number of carbonyl (C=O) groups is 2. The number of halogens is 1. The van der Waals surface area contributed by atoms with Crippen LogP contribution in [0.5, 0.6) is 5.75 Å². The van der Waals surface area contributed by atoms with Crippen LogP contribution in [0.4, 0.5) is 5.69 Å². The molecule has 7 heteroatoms. The van der Waals surface area contributed by atoms with Crippen LogP contribution in [-0.2, 0) is 11.2 Å². The number of ether oxygens (including phenoxy) is 1. The highest BCUT2D eigenvalue weighted by Crippen LogP contribution is 2.29. The lowest BCUT2D eigenvalue weighted by molar-refractivity contribution is -0.121. The van der Waals surface area contributed by atoms with E-state index in [0.717, 1.165) is 24.2 Å². The number of benzene rings is 2. The number of anilines is 1. The van der Waals surface area contributed by atoms with E-state index in [9.17, 15) is 9.59 Å². The molecule has 2 aromatic rings. The molecule has 162 valence electrons. The van der Waals surface area contributed by atoms with E-state index in [2.05, 4.69) is 5.32 Å². The van der Waals surface area contributed by atoms with Crippen LogP contribution in [0.1, 0.15) is 35.2 Å². The highest BCUT2D eigenvalue weighted by atomic mass is 35.5. The number of carbonyl (C=O) groups excluding carboxylic acids is 2. The van der Waals surface area contributed by atoms with Gasteiger partial charge >= 0.3 is 0 Å². The zero-order valence-electron chi connectivity index (χ0n) is 17.5. The second-order valence-electron chi connectivity index (χ2n) is 7.54. The van der Waals surface area contributed by atoms with E-state index in [4.69, 9.17) is 10.5 Å². The van der Waals surface area contributed by atoms with Gasteiger partial charge in [0.1, 0.15) is 5.75 Å². The van der Waals surface area contributed by atoms with Crippen molar-refractivity contribution in [1.82, 2.24) is 5.32 Å². The fourth-order valence-electron chi connectivity index (χ4n) is 3.80. The first kappa shape index (κ1) is 23.7. The SMILES string of the molecule is COc1ccc(CCNC(=O)c2ccccc2N(C)C(=O)C2CCC(N)C2)cc1.Cl. The molecule has 6 nitrogen and oxygen atoms in total. The zero-order chi connectivity index (χ0) is 20.8. The number of nitrogens with one attached hydrogen (secondary N) is 1. The normalized spacial score (nSPS) is 17.7. The van der Waals surface area contributed by atoms with Gasteiger partial charge in [0.05, 0.1) is 18.4 Å². The van der Waals surface area contributed by atoms with Crippen LogP contribution in [0, 0.1) is 5.92 Å². The lowest BCUT2D eigenvalue weighted by Crippen LogP contribution is -2.35. The monoisotopic (exact) mass is 431 g/mol. The first-order valence-corrected chi connectivity index (χ1v) is 10.0. The van der Waals surface area contributed by atoms with Crippen LogP contribution >= 0.6 is 12.4 Å². The minimum atomic E-state index is -0.183. The Labute approximate surface area is 184 Å². The Morgan fingerprint density at radius 3 is 2.47 bits per heavy atom. The lowest BCUT2D eigenvalue weighted by Gasteiger charge is -2.23. The Morgan fingerprint density at radius 1 is 1.13 bits per heavy atom. The Kier molecular flexibility index (Phi) is 8.69. The molecule has 3 N–H and O–H groups in total. The molecule has 0 heterocycles. The summed E-state index contributed by atoms with van der Waals surface area (Å²) in [4.78, 5) is 27.2. The third kappa shape index (κ3) is 5.74. The van der Waals surface area contributed by atoms with E-state index in [1.165, 1.54) is 0 Å². The van der Waals surface area contributed by atoms with Gasteiger partial charge < -0.3 is 20.7 Å². The summed E-state index contributed by atoms with van der Waals surface area (Å²) in [5.74, 6) is 0.581. The van der Waals surface area contributed by atoms with Gasteiger partial charge in [0.25, 0.3) is 5.91 Å². The molecular formula is C23H30ClN3O3. The topological polar surface area (TPSA) is 84.7 Å². The van der Waals surface area contributed by atoms with Gasteiger partial charge in [0.15, 0.2) is 0 Å². The van der Waals surface area contributed by atoms with Crippen molar-refractivity contribution >= 4 is 29.9 Å². The number of amides is 2. The lowest BCUT2D eigenvalue weighted by atomic mass is 10.0. The van der Waals surface area contributed by atoms with E-state index >= 15 is 0 Å². The molecule has 1 aliphatic carbocycles. The van der Waals surface area contributed by atoms with Crippen LogP contribution in [0.15, 0.2) is 48.5 Å². The Morgan fingerprint density at radius 2 is 1.83 bits per heavy atom. The van der Waals surface area contributed by atoms with Crippen LogP contribution in [-0.4, -0.2) is 38.6 Å². The van der Waals surface area contributed by atoms with E-state index < -0.39 is 0 Å². The van der Waals surface area contributed by atoms with Gasteiger partial charge in [-0.1, -0.05) is 24.3 Å². The molecule has 2 amide bonds. The average molecular weight is 432 g/mol. The largest absolute Gasteiger partial charge is 0.497 e. The highest BCUT2D eigenvalue weighted by molar-refractivity contribution is 6.05. The van der Waals surface area contributed by atoms with Crippen LogP contribution in [0.3, 0.4) is 0 Å². The maximum atomic E-state index is 12.8. The first-order chi connectivity index (χ1) is 14.0. The van der Waals surface area contributed by atoms with Crippen molar-refractivity contribution < 1.29 is 14.3 Å².